The fraction of sp³-hybridized carbons (Fsp3) is 0.375. The van der Waals surface area contributed by atoms with Gasteiger partial charge in [0.25, 0.3) is 0 Å². The van der Waals surface area contributed by atoms with Crippen LogP contribution in [0.4, 0.5) is 0 Å². The van der Waals surface area contributed by atoms with Gasteiger partial charge < -0.3 is 9.15 Å². The monoisotopic (exact) mass is 321 g/mol. The molecule has 1 saturated heterocycles. The van der Waals surface area contributed by atoms with Crippen molar-refractivity contribution in [1.29, 1.82) is 0 Å². The second-order valence-corrected chi connectivity index (χ2v) is 7.42. The number of ether oxygens (including phenoxy) is 1. The van der Waals surface area contributed by atoms with Crippen LogP contribution in [0.25, 0.3) is 0 Å². The minimum atomic E-state index is -3.56. The third-order valence-corrected chi connectivity index (χ3v) is 5.92. The lowest BCUT2D eigenvalue weighted by atomic mass is 10.1. The van der Waals surface area contributed by atoms with Crippen molar-refractivity contribution in [2.45, 2.75) is 24.2 Å². The first kappa shape index (κ1) is 15.1. The highest BCUT2D eigenvalue weighted by Gasteiger charge is 2.35. The maximum Gasteiger partial charge on any atom is 0.246 e. The topological polar surface area (TPSA) is 59.8 Å². The van der Waals surface area contributed by atoms with Crippen molar-refractivity contribution < 1.29 is 17.6 Å². The first-order valence-corrected chi connectivity index (χ1v) is 8.64. The molecule has 22 heavy (non-hydrogen) atoms. The van der Waals surface area contributed by atoms with Crippen LogP contribution in [0.2, 0.25) is 0 Å². The Kier molecular flexibility index (Phi) is 3.97. The molecule has 0 saturated carbocycles. The number of sulfonamides is 1. The SMILES string of the molecule is COc1ccc(C)cc1S(=O)(=O)N1CCC(c2ccco2)C1. The maximum atomic E-state index is 12.9. The number of aryl methyl sites for hydroxylation is 1. The Bertz CT molecular complexity index is 752. The second-order valence-electron chi connectivity index (χ2n) is 5.52. The third-order valence-electron chi connectivity index (χ3n) is 4.03. The maximum absolute atomic E-state index is 12.9. The molecule has 0 amide bonds. The van der Waals surface area contributed by atoms with Gasteiger partial charge in [-0.15, -0.1) is 0 Å². The smallest absolute Gasteiger partial charge is 0.246 e. The Balaban J connectivity index is 1.90. The molecular weight excluding hydrogens is 302 g/mol. The van der Waals surface area contributed by atoms with Gasteiger partial charge in [-0.3, -0.25) is 0 Å². The number of hydrogen-bond acceptors (Lipinski definition) is 4. The molecule has 3 rings (SSSR count). The standard InChI is InChI=1S/C16H19NO4S/c1-12-5-6-15(20-2)16(10-12)22(18,19)17-8-7-13(11-17)14-4-3-9-21-14/h3-6,9-10,13H,7-8,11H2,1-2H3. The molecule has 6 heteroatoms. The molecule has 118 valence electrons. The quantitative estimate of drug-likeness (QED) is 0.869. The molecule has 1 aliphatic rings. The summed E-state index contributed by atoms with van der Waals surface area (Å²) < 4.78 is 37.9. The lowest BCUT2D eigenvalue weighted by molar-refractivity contribution is 0.397. The van der Waals surface area contributed by atoms with Crippen molar-refractivity contribution >= 4 is 10.0 Å². The summed E-state index contributed by atoms with van der Waals surface area (Å²) in [5, 5.41) is 0. The van der Waals surface area contributed by atoms with Gasteiger partial charge in [-0.05, 0) is 43.2 Å². The molecule has 0 radical (unpaired) electrons. The molecule has 5 nitrogen and oxygen atoms in total. The van der Waals surface area contributed by atoms with E-state index in [9.17, 15) is 8.42 Å². The highest BCUT2D eigenvalue weighted by molar-refractivity contribution is 7.89. The largest absolute Gasteiger partial charge is 0.495 e. The van der Waals surface area contributed by atoms with E-state index in [1.165, 1.54) is 11.4 Å². The van der Waals surface area contributed by atoms with Crippen molar-refractivity contribution in [3.63, 3.8) is 0 Å². The van der Waals surface area contributed by atoms with Gasteiger partial charge in [0, 0.05) is 19.0 Å². The van der Waals surface area contributed by atoms with E-state index in [2.05, 4.69) is 0 Å². The van der Waals surface area contributed by atoms with Crippen LogP contribution in [-0.2, 0) is 10.0 Å². The zero-order chi connectivity index (χ0) is 15.7. The lowest BCUT2D eigenvalue weighted by Gasteiger charge is -2.18. The summed E-state index contributed by atoms with van der Waals surface area (Å²) in [5.41, 5.74) is 0.890. The minimum absolute atomic E-state index is 0.112. The Morgan fingerprint density at radius 1 is 1.32 bits per heavy atom. The molecule has 1 aromatic heterocycles. The van der Waals surface area contributed by atoms with E-state index in [-0.39, 0.29) is 10.8 Å². The van der Waals surface area contributed by atoms with Crippen LogP contribution in [0.15, 0.2) is 45.9 Å². The van der Waals surface area contributed by atoms with Crippen LogP contribution in [0.3, 0.4) is 0 Å². The Morgan fingerprint density at radius 3 is 2.82 bits per heavy atom. The van der Waals surface area contributed by atoms with Crippen LogP contribution >= 0.6 is 0 Å². The predicted molar refractivity (Wildman–Crippen MR) is 82.6 cm³/mol. The van der Waals surface area contributed by atoms with E-state index in [4.69, 9.17) is 9.15 Å². The lowest BCUT2D eigenvalue weighted by Crippen LogP contribution is -2.29. The zero-order valence-corrected chi connectivity index (χ0v) is 13.5. The van der Waals surface area contributed by atoms with Gasteiger partial charge in [0.2, 0.25) is 10.0 Å². The van der Waals surface area contributed by atoms with E-state index >= 15 is 0 Å². The van der Waals surface area contributed by atoms with Crippen molar-refractivity contribution in [2.24, 2.45) is 0 Å². The van der Waals surface area contributed by atoms with Crippen molar-refractivity contribution in [3.8, 4) is 5.75 Å². The molecule has 2 aromatic rings. The van der Waals surface area contributed by atoms with E-state index in [1.54, 1.807) is 18.4 Å². The molecule has 1 atom stereocenters. The van der Waals surface area contributed by atoms with Gasteiger partial charge in [-0.1, -0.05) is 6.07 Å². The third kappa shape index (κ3) is 2.64. The van der Waals surface area contributed by atoms with Gasteiger partial charge in [-0.25, -0.2) is 8.42 Å². The number of hydrogen-bond donors (Lipinski definition) is 0. The Hall–Kier alpha value is -1.79. The summed E-state index contributed by atoms with van der Waals surface area (Å²) in [7, 11) is -2.08. The van der Waals surface area contributed by atoms with E-state index in [0.717, 1.165) is 17.7 Å². The molecule has 1 aromatic carbocycles. The zero-order valence-electron chi connectivity index (χ0n) is 12.7. The van der Waals surface area contributed by atoms with Crippen molar-refractivity contribution in [3.05, 3.63) is 47.9 Å². The average Bonchev–Trinajstić information content (AvgIpc) is 3.18. The van der Waals surface area contributed by atoms with E-state index in [0.29, 0.717) is 18.8 Å². The summed E-state index contributed by atoms with van der Waals surface area (Å²) in [5.74, 6) is 1.33. The first-order chi connectivity index (χ1) is 10.5. The molecule has 1 aliphatic heterocycles. The fourth-order valence-electron chi connectivity index (χ4n) is 2.83. The molecular formula is C16H19NO4S. The molecule has 1 fully saturated rings. The second kappa shape index (κ2) is 5.78. The molecule has 2 heterocycles. The first-order valence-electron chi connectivity index (χ1n) is 7.20. The number of methoxy groups -OCH3 is 1. The van der Waals surface area contributed by atoms with Crippen LogP contribution in [0.1, 0.15) is 23.7 Å². The normalized spacial score (nSPS) is 19.5. The summed E-state index contributed by atoms with van der Waals surface area (Å²) in [6, 6.07) is 8.92. The van der Waals surface area contributed by atoms with E-state index < -0.39 is 10.0 Å². The molecule has 1 unspecified atom stereocenters. The summed E-state index contributed by atoms with van der Waals surface area (Å²) in [4.78, 5) is 0.232. The van der Waals surface area contributed by atoms with Gasteiger partial charge >= 0.3 is 0 Å². The van der Waals surface area contributed by atoms with Crippen molar-refractivity contribution in [2.75, 3.05) is 20.2 Å². The highest BCUT2D eigenvalue weighted by Crippen LogP contribution is 2.34. The number of furan rings is 1. The van der Waals surface area contributed by atoms with Crippen LogP contribution in [0.5, 0.6) is 5.75 Å². The van der Waals surface area contributed by atoms with Gasteiger partial charge in [-0.2, -0.15) is 4.31 Å². The van der Waals surface area contributed by atoms with Crippen LogP contribution in [-0.4, -0.2) is 32.9 Å². The summed E-state index contributed by atoms with van der Waals surface area (Å²) in [6.45, 7) is 2.80. The number of nitrogens with zero attached hydrogens (tertiary/aromatic N) is 1. The van der Waals surface area contributed by atoms with Crippen LogP contribution in [0, 0.1) is 6.92 Å². The summed E-state index contributed by atoms with van der Waals surface area (Å²) >= 11 is 0. The molecule has 0 bridgehead atoms. The molecule has 0 aliphatic carbocycles. The van der Waals surface area contributed by atoms with Gasteiger partial charge in [0.05, 0.1) is 13.4 Å². The van der Waals surface area contributed by atoms with Gasteiger partial charge in [0.15, 0.2) is 0 Å². The van der Waals surface area contributed by atoms with Crippen LogP contribution < -0.4 is 4.74 Å². The summed E-state index contributed by atoms with van der Waals surface area (Å²) in [6.07, 6.45) is 2.39. The molecule has 0 N–H and O–H groups in total. The average molecular weight is 321 g/mol. The minimum Gasteiger partial charge on any atom is -0.495 e. The molecule has 0 spiro atoms. The van der Waals surface area contributed by atoms with Crippen molar-refractivity contribution in [1.82, 2.24) is 4.31 Å². The fourth-order valence-corrected chi connectivity index (χ4v) is 4.57. The van der Waals surface area contributed by atoms with Gasteiger partial charge in [0.1, 0.15) is 16.4 Å². The number of rotatable bonds is 4. The Labute approximate surface area is 130 Å². The highest BCUT2D eigenvalue weighted by atomic mass is 32.2. The predicted octanol–water partition coefficient (Wildman–Crippen LogP) is 2.77. The number of benzene rings is 1. The Morgan fingerprint density at radius 2 is 2.14 bits per heavy atom. The van der Waals surface area contributed by atoms with E-state index in [1.807, 2.05) is 25.1 Å².